The van der Waals surface area contributed by atoms with Gasteiger partial charge in [0.25, 0.3) is 0 Å². The summed E-state index contributed by atoms with van der Waals surface area (Å²) >= 11 is 0. The van der Waals surface area contributed by atoms with Gasteiger partial charge in [0.2, 0.25) is 0 Å². The van der Waals surface area contributed by atoms with Crippen molar-refractivity contribution in [2.45, 2.75) is 32.6 Å². The van der Waals surface area contributed by atoms with Gasteiger partial charge in [0.1, 0.15) is 5.82 Å². The third-order valence-electron chi connectivity index (χ3n) is 2.96. The van der Waals surface area contributed by atoms with Crippen LogP contribution in [0.4, 0.5) is 4.39 Å². The van der Waals surface area contributed by atoms with E-state index in [4.69, 9.17) is 0 Å². The van der Waals surface area contributed by atoms with Crippen molar-refractivity contribution in [1.82, 2.24) is 10.6 Å². The molecule has 0 saturated carbocycles. The summed E-state index contributed by atoms with van der Waals surface area (Å²) in [7, 11) is 0. The monoisotopic (exact) mass is 252 g/mol. The Morgan fingerprint density at radius 1 is 0.944 bits per heavy atom. The van der Waals surface area contributed by atoms with Crippen LogP contribution in [0.3, 0.4) is 0 Å². The van der Waals surface area contributed by atoms with Gasteiger partial charge >= 0.3 is 0 Å². The fourth-order valence-corrected chi connectivity index (χ4v) is 1.85. The lowest BCUT2D eigenvalue weighted by atomic mass is 10.1. The number of halogens is 1. The molecule has 0 spiro atoms. The van der Waals surface area contributed by atoms with Crippen molar-refractivity contribution in [2.75, 3.05) is 26.2 Å². The summed E-state index contributed by atoms with van der Waals surface area (Å²) in [6, 6.07) is 6.98. The van der Waals surface area contributed by atoms with Gasteiger partial charge in [-0.2, -0.15) is 0 Å². The predicted octanol–water partition coefficient (Wildman–Crippen LogP) is 2.74. The molecule has 0 fully saturated rings. The quantitative estimate of drug-likeness (QED) is 0.626. The molecule has 1 aromatic carbocycles. The summed E-state index contributed by atoms with van der Waals surface area (Å²) < 4.78 is 13.3. The van der Waals surface area contributed by atoms with E-state index in [1.807, 2.05) is 12.1 Å². The second kappa shape index (κ2) is 10.0. The van der Waals surface area contributed by atoms with E-state index in [1.54, 1.807) is 6.07 Å². The van der Waals surface area contributed by atoms with E-state index in [1.165, 1.54) is 25.3 Å². The van der Waals surface area contributed by atoms with Gasteiger partial charge < -0.3 is 10.6 Å². The second-order valence-corrected chi connectivity index (χ2v) is 4.55. The minimum atomic E-state index is -0.100. The standard InChI is InChI=1S/C15H25FN2/c1-2-3-6-10-17-12-13-18-11-9-14-7-4-5-8-15(14)16/h4-5,7-8,17-18H,2-3,6,9-13H2,1H3. The van der Waals surface area contributed by atoms with Gasteiger partial charge in [0, 0.05) is 13.1 Å². The van der Waals surface area contributed by atoms with E-state index in [9.17, 15) is 4.39 Å². The van der Waals surface area contributed by atoms with Crippen LogP contribution in [0.15, 0.2) is 24.3 Å². The summed E-state index contributed by atoms with van der Waals surface area (Å²) in [6.07, 6.45) is 4.57. The Balaban J connectivity index is 1.94. The smallest absolute Gasteiger partial charge is 0.126 e. The third kappa shape index (κ3) is 6.72. The zero-order valence-corrected chi connectivity index (χ0v) is 11.3. The zero-order chi connectivity index (χ0) is 13.1. The lowest BCUT2D eigenvalue weighted by Gasteiger charge is -2.07. The highest BCUT2D eigenvalue weighted by Crippen LogP contribution is 2.05. The van der Waals surface area contributed by atoms with E-state index >= 15 is 0 Å². The molecule has 0 saturated heterocycles. The normalized spacial score (nSPS) is 10.8. The van der Waals surface area contributed by atoms with E-state index in [0.29, 0.717) is 0 Å². The molecule has 102 valence electrons. The van der Waals surface area contributed by atoms with E-state index in [-0.39, 0.29) is 5.82 Å². The Hall–Kier alpha value is -0.930. The second-order valence-electron chi connectivity index (χ2n) is 4.55. The van der Waals surface area contributed by atoms with Crippen molar-refractivity contribution >= 4 is 0 Å². The fraction of sp³-hybridized carbons (Fsp3) is 0.600. The van der Waals surface area contributed by atoms with Crippen LogP contribution in [0.5, 0.6) is 0 Å². The fourth-order valence-electron chi connectivity index (χ4n) is 1.85. The SMILES string of the molecule is CCCCCNCCNCCc1ccccc1F. The molecular formula is C15H25FN2. The molecule has 0 unspecified atom stereocenters. The number of hydrogen-bond donors (Lipinski definition) is 2. The maximum atomic E-state index is 13.3. The van der Waals surface area contributed by atoms with Crippen LogP contribution in [-0.4, -0.2) is 26.2 Å². The van der Waals surface area contributed by atoms with Gasteiger partial charge in [-0.3, -0.25) is 0 Å². The molecule has 1 rings (SSSR count). The summed E-state index contributed by atoms with van der Waals surface area (Å²) in [4.78, 5) is 0. The molecule has 0 aromatic heterocycles. The van der Waals surface area contributed by atoms with Gasteiger partial charge in [-0.15, -0.1) is 0 Å². The molecule has 0 amide bonds. The summed E-state index contributed by atoms with van der Waals surface area (Å²) in [5.74, 6) is -0.100. The van der Waals surface area contributed by atoms with Crippen molar-refractivity contribution in [3.05, 3.63) is 35.6 Å². The average Bonchev–Trinajstić information content (AvgIpc) is 2.39. The van der Waals surface area contributed by atoms with Gasteiger partial charge in [0.15, 0.2) is 0 Å². The Kier molecular flexibility index (Phi) is 8.43. The van der Waals surface area contributed by atoms with Gasteiger partial charge in [-0.1, -0.05) is 38.0 Å². The van der Waals surface area contributed by atoms with E-state index < -0.39 is 0 Å². The Morgan fingerprint density at radius 3 is 2.39 bits per heavy atom. The zero-order valence-electron chi connectivity index (χ0n) is 11.3. The maximum Gasteiger partial charge on any atom is 0.126 e. The van der Waals surface area contributed by atoms with Crippen molar-refractivity contribution in [2.24, 2.45) is 0 Å². The first-order valence-electron chi connectivity index (χ1n) is 6.99. The van der Waals surface area contributed by atoms with E-state index in [2.05, 4.69) is 17.6 Å². The van der Waals surface area contributed by atoms with Crippen molar-refractivity contribution in [3.63, 3.8) is 0 Å². The minimum Gasteiger partial charge on any atom is -0.315 e. The third-order valence-corrected chi connectivity index (χ3v) is 2.96. The Bertz CT molecular complexity index is 315. The molecule has 3 heteroatoms. The number of nitrogens with one attached hydrogen (secondary N) is 2. The van der Waals surface area contributed by atoms with Gasteiger partial charge in [-0.25, -0.2) is 4.39 Å². The topological polar surface area (TPSA) is 24.1 Å². The maximum absolute atomic E-state index is 13.3. The number of rotatable bonds is 10. The minimum absolute atomic E-state index is 0.100. The van der Waals surface area contributed by atoms with Gasteiger partial charge in [0.05, 0.1) is 0 Å². The highest BCUT2D eigenvalue weighted by Gasteiger charge is 1.99. The molecule has 18 heavy (non-hydrogen) atoms. The number of unbranched alkanes of at least 4 members (excludes halogenated alkanes) is 2. The first kappa shape index (κ1) is 15.1. The van der Waals surface area contributed by atoms with Crippen LogP contribution in [0, 0.1) is 5.82 Å². The predicted molar refractivity (Wildman–Crippen MR) is 75.4 cm³/mol. The highest BCUT2D eigenvalue weighted by atomic mass is 19.1. The lowest BCUT2D eigenvalue weighted by Crippen LogP contribution is -2.29. The van der Waals surface area contributed by atoms with E-state index in [0.717, 1.165) is 38.2 Å². The molecular weight excluding hydrogens is 227 g/mol. The van der Waals surface area contributed by atoms with Crippen LogP contribution in [0.1, 0.15) is 31.7 Å². The highest BCUT2D eigenvalue weighted by molar-refractivity contribution is 5.17. The van der Waals surface area contributed by atoms with Crippen LogP contribution in [0.2, 0.25) is 0 Å². The summed E-state index contributed by atoms with van der Waals surface area (Å²) in [5, 5.41) is 6.72. The van der Waals surface area contributed by atoms with Crippen LogP contribution < -0.4 is 10.6 Å². The largest absolute Gasteiger partial charge is 0.315 e. The van der Waals surface area contributed by atoms with Crippen molar-refractivity contribution in [1.29, 1.82) is 0 Å². The molecule has 0 heterocycles. The Morgan fingerprint density at radius 2 is 1.67 bits per heavy atom. The van der Waals surface area contributed by atoms with Crippen molar-refractivity contribution < 1.29 is 4.39 Å². The molecule has 0 bridgehead atoms. The average molecular weight is 252 g/mol. The Labute approximate surface area is 110 Å². The molecule has 0 radical (unpaired) electrons. The first-order chi connectivity index (χ1) is 8.84. The first-order valence-corrected chi connectivity index (χ1v) is 6.99. The van der Waals surface area contributed by atoms with Crippen molar-refractivity contribution in [3.8, 4) is 0 Å². The molecule has 0 atom stereocenters. The molecule has 0 aliphatic rings. The lowest BCUT2D eigenvalue weighted by molar-refractivity contribution is 0.572. The van der Waals surface area contributed by atoms with Gasteiger partial charge in [-0.05, 0) is 37.6 Å². The van der Waals surface area contributed by atoms with Crippen LogP contribution in [-0.2, 0) is 6.42 Å². The summed E-state index contributed by atoms with van der Waals surface area (Å²) in [6.45, 7) is 6.08. The molecule has 1 aromatic rings. The number of benzene rings is 1. The number of hydrogen-bond acceptors (Lipinski definition) is 2. The summed E-state index contributed by atoms with van der Waals surface area (Å²) in [5.41, 5.74) is 0.793. The molecule has 0 aliphatic heterocycles. The molecule has 2 N–H and O–H groups in total. The van der Waals surface area contributed by atoms with Crippen LogP contribution in [0.25, 0.3) is 0 Å². The molecule has 2 nitrogen and oxygen atoms in total. The molecule has 0 aliphatic carbocycles. The van der Waals surface area contributed by atoms with Crippen LogP contribution >= 0.6 is 0 Å².